The first-order valence-electron chi connectivity index (χ1n) is 5.33. The van der Waals surface area contributed by atoms with Crippen molar-refractivity contribution in [3.8, 4) is 0 Å². The number of carboxylic acids is 1. The second kappa shape index (κ2) is 6.73. The first-order valence-corrected chi connectivity index (χ1v) is 5.33. The highest BCUT2D eigenvalue weighted by Crippen LogP contribution is 2.09. The van der Waals surface area contributed by atoms with Crippen LogP contribution in [0.5, 0.6) is 0 Å². The third-order valence-corrected chi connectivity index (χ3v) is 2.02. The molecule has 0 fully saturated rings. The average Bonchev–Trinajstić information content (AvgIpc) is 2.14. The van der Waals surface area contributed by atoms with Crippen molar-refractivity contribution < 1.29 is 14.7 Å². The Morgan fingerprint density at radius 3 is 2.12 bits per heavy atom. The fourth-order valence-electron chi connectivity index (χ4n) is 1.34. The van der Waals surface area contributed by atoms with E-state index in [4.69, 9.17) is 5.11 Å². The van der Waals surface area contributed by atoms with Crippen LogP contribution in [0, 0.1) is 0 Å². The van der Waals surface area contributed by atoms with Gasteiger partial charge in [0.25, 0.3) is 0 Å². The van der Waals surface area contributed by atoms with Gasteiger partial charge >= 0.3 is 12.0 Å². The summed E-state index contributed by atoms with van der Waals surface area (Å²) in [5.41, 5.74) is -0.788. The molecule has 2 amide bonds. The van der Waals surface area contributed by atoms with Gasteiger partial charge in [-0.2, -0.15) is 0 Å². The summed E-state index contributed by atoms with van der Waals surface area (Å²) in [6.45, 7) is 11.2. The first kappa shape index (κ1) is 15.2. The summed E-state index contributed by atoms with van der Waals surface area (Å²) >= 11 is 0. The van der Waals surface area contributed by atoms with Crippen LogP contribution >= 0.6 is 0 Å². The Hall–Kier alpha value is -1.78. The Labute approximate surface area is 102 Å². The van der Waals surface area contributed by atoms with E-state index in [0.29, 0.717) is 13.1 Å². The van der Waals surface area contributed by atoms with Crippen molar-refractivity contribution in [2.45, 2.75) is 25.8 Å². The van der Waals surface area contributed by atoms with Gasteiger partial charge in [-0.15, -0.1) is 13.2 Å². The molecule has 0 aromatic carbocycles. The number of carboxylic acid groups (broad SMARTS) is 1. The van der Waals surface area contributed by atoms with E-state index in [1.54, 1.807) is 26.0 Å². The predicted octanol–water partition coefficient (Wildman–Crippen LogP) is 1.62. The van der Waals surface area contributed by atoms with Crippen molar-refractivity contribution in [3.63, 3.8) is 0 Å². The van der Waals surface area contributed by atoms with Crippen molar-refractivity contribution in [2.24, 2.45) is 0 Å². The maximum atomic E-state index is 11.8. The molecule has 0 saturated carbocycles. The Balaban J connectivity index is 4.51. The standard InChI is InChI=1S/C12H20N2O3/c1-5-7-14(8-6-2)11(17)13-12(3,4)9-10(15)16/h5-6H,1-2,7-9H2,3-4H3,(H,13,17)(H,15,16). The molecule has 0 aliphatic carbocycles. The van der Waals surface area contributed by atoms with Crippen LogP contribution in [0.3, 0.4) is 0 Å². The van der Waals surface area contributed by atoms with Crippen LogP contribution in [0.25, 0.3) is 0 Å². The van der Waals surface area contributed by atoms with Crippen LogP contribution in [0.2, 0.25) is 0 Å². The predicted molar refractivity (Wildman–Crippen MR) is 66.8 cm³/mol. The number of urea groups is 1. The first-order chi connectivity index (χ1) is 7.82. The molecule has 0 rings (SSSR count). The molecule has 17 heavy (non-hydrogen) atoms. The van der Waals surface area contributed by atoms with Crippen molar-refractivity contribution in [2.75, 3.05) is 13.1 Å². The fraction of sp³-hybridized carbons (Fsp3) is 0.500. The lowest BCUT2D eigenvalue weighted by molar-refractivity contribution is -0.138. The molecule has 2 N–H and O–H groups in total. The topological polar surface area (TPSA) is 69.6 Å². The van der Waals surface area contributed by atoms with Gasteiger partial charge in [0.05, 0.1) is 6.42 Å². The molecule has 96 valence electrons. The molecule has 0 aliphatic rings. The molecule has 0 radical (unpaired) electrons. The Kier molecular flexibility index (Phi) is 6.02. The van der Waals surface area contributed by atoms with Crippen LogP contribution < -0.4 is 5.32 Å². The maximum absolute atomic E-state index is 11.8. The fourth-order valence-corrected chi connectivity index (χ4v) is 1.34. The number of nitrogens with zero attached hydrogens (tertiary/aromatic N) is 1. The summed E-state index contributed by atoms with van der Waals surface area (Å²) in [6.07, 6.45) is 3.08. The van der Waals surface area contributed by atoms with Crippen LogP contribution in [0.4, 0.5) is 4.79 Å². The van der Waals surface area contributed by atoms with Crippen molar-refractivity contribution in [1.29, 1.82) is 0 Å². The van der Waals surface area contributed by atoms with Gasteiger partial charge in [0, 0.05) is 18.6 Å². The molecule has 0 bridgehead atoms. The zero-order valence-corrected chi connectivity index (χ0v) is 10.4. The number of hydrogen-bond acceptors (Lipinski definition) is 2. The summed E-state index contributed by atoms with van der Waals surface area (Å²) < 4.78 is 0. The second-order valence-electron chi connectivity index (χ2n) is 4.37. The molecule has 0 atom stereocenters. The van der Waals surface area contributed by atoms with E-state index in [0.717, 1.165) is 0 Å². The van der Waals surface area contributed by atoms with E-state index in [-0.39, 0.29) is 12.5 Å². The molecule has 0 aromatic rings. The number of carbonyl (C=O) groups is 2. The van der Waals surface area contributed by atoms with E-state index in [1.807, 2.05) is 0 Å². The van der Waals surface area contributed by atoms with E-state index in [9.17, 15) is 9.59 Å². The zero-order chi connectivity index (χ0) is 13.5. The van der Waals surface area contributed by atoms with Gasteiger partial charge in [-0.3, -0.25) is 4.79 Å². The quantitative estimate of drug-likeness (QED) is 0.664. The zero-order valence-electron chi connectivity index (χ0n) is 10.4. The minimum Gasteiger partial charge on any atom is -0.481 e. The second-order valence-corrected chi connectivity index (χ2v) is 4.37. The number of hydrogen-bond donors (Lipinski definition) is 2. The summed E-state index contributed by atoms with van der Waals surface area (Å²) in [5, 5.41) is 11.4. The number of rotatable bonds is 7. The summed E-state index contributed by atoms with van der Waals surface area (Å²) in [4.78, 5) is 24.0. The molecule has 0 saturated heterocycles. The third kappa shape index (κ3) is 6.40. The molecular weight excluding hydrogens is 220 g/mol. The van der Waals surface area contributed by atoms with E-state index in [1.165, 1.54) is 4.90 Å². The lowest BCUT2D eigenvalue weighted by Crippen LogP contribution is -2.51. The summed E-state index contributed by atoms with van der Waals surface area (Å²) in [5.74, 6) is -0.950. The molecule has 0 spiro atoms. The monoisotopic (exact) mass is 240 g/mol. The van der Waals surface area contributed by atoms with Gasteiger partial charge in [0.2, 0.25) is 0 Å². The largest absolute Gasteiger partial charge is 0.481 e. The van der Waals surface area contributed by atoms with Gasteiger partial charge in [0.1, 0.15) is 0 Å². The highest BCUT2D eigenvalue weighted by atomic mass is 16.4. The van der Waals surface area contributed by atoms with Crippen molar-refractivity contribution in [3.05, 3.63) is 25.3 Å². The summed E-state index contributed by atoms with van der Waals surface area (Å²) in [7, 11) is 0. The molecule has 0 aromatic heterocycles. The normalized spacial score (nSPS) is 10.5. The van der Waals surface area contributed by atoms with Crippen LogP contribution in [0.15, 0.2) is 25.3 Å². The van der Waals surface area contributed by atoms with E-state index >= 15 is 0 Å². The molecule has 0 aliphatic heterocycles. The lowest BCUT2D eigenvalue weighted by Gasteiger charge is -2.28. The molecule has 0 unspecified atom stereocenters. The minimum absolute atomic E-state index is 0.130. The van der Waals surface area contributed by atoms with Gasteiger partial charge in [0.15, 0.2) is 0 Å². The summed E-state index contributed by atoms with van der Waals surface area (Å²) in [6, 6.07) is -0.323. The van der Waals surface area contributed by atoms with Crippen LogP contribution in [-0.2, 0) is 4.79 Å². The van der Waals surface area contributed by atoms with E-state index in [2.05, 4.69) is 18.5 Å². The minimum atomic E-state index is -0.950. The van der Waals surface area contributed by atoms with E-state index < -0.39 is 11.5 Å². The average molecular weight is 240 g/mol. The van der Waals surface area contributed by atoms with Crippen molar-refractivity contribution >= 4 is 12.0 Å². The lowest BCUT2D eigenvalue weighted by atomic mass is 10.0. The number of carbonyl (C=O) groups excluding carboxylic acids is 1. The Morgan fingerprint density at radius 2 is 1.76 bits per heavy atom. The smallest absolute Gasteiger partial charge is 0.318 e. The third-order valence-electron chi connectivity index (χ3n) is 2.02. The maximum Gasteiger partial charge on any atom is 0.318 e. The molecule has 0 heterocycles. The Bertz CT molecular complexity index is 301. The highest BCUT2D eigenvalue weighted by molar-refractivity contribution is 5.77. The van der Waals surface area contributed by atoms with Crippen LogP contribution in [-0.4, -0.2) is 40.6 Å². The van der Waals surface area contributed by atoms with Gasteiger partial charge < -0.3 is 15.3 Å². The number of nitrogens with one attached hydrogen (secondary N) is 1. The molecule has 5 nitrogen and oxygen atoms in total. The SMILES string of the molecule is C=CCN(CC=C)C(=O)NC(C)(C)CC(=O)O. The van der Waals surface area contributed by atoms with Gasteiger partial charge in [-0.05, 0) is 13.8 Å². The highest BCUT2D eigenvalue weighted by Gasteiger charge is 2.25. The number of aliphatic carboxylic acids is 1. The van der Waals surface area contributed by atoms with Gasteiger partial charge in [-0.25, -0.2) is 4.79 Å². The van der Waals surface area contributed by atoms with Gasteiger partial charge in [-0.1, -0.05) is 12.2 Å². The number of amides is 2. The Morgan fingerprint density at radius 1 is 1.29 bits per heavy atom. The molecule has 5 heteroatoms. The molecular formula is C12H20N2O3. The van der Waals surface area contributed by atoms with Crippen LogP contribution in [0.1, 0.15) is 20.3 Å². The van der Waals surface area contributed by atoms with Crippen molar-refractivity contribution in [1.82, 2.24) is 10.2 Å².